The Labute approximate surface area is 130 Å². The fourth-order valence-corrected chi connectivity index (χ4v) is 1.99. The highest BCUT2D eigenvalue weighted by atomic mass is 32.2. The van der Waals surface area contributed by atoms with E-state index in [9.17, 15) is 30.8 Å². The van der Waals surface area contributed by atoms with Crippen LogP contribution in [0, 0.1) is 0 Å². The van der Waals surface area contributed by atoms with Gasteiger partial charge in [-0.2, -0.15) is 21.6 Å². The van der Waals surface area contributed by atoms with Crippen molar-refractivity contribution in [2.24, 2.45) is 0 Å². The van der Waals surface area contributed by atoms with E-state index in [0.717, 1.165) is 31.2 Å². The van der Waals surface area contributed by atoms with Gasteiger partial charge >= 0.3 is 15.6 Å². The molecule has 0 bridgehead atoms. The normalized spacial score (nSPS) is 15.1. The monoisotopic (exact) mass is 357 g/mol. The highest BCUT2D eigenvalue weighted by Crippen LogP contribution is 2.30. The van der Waals surface area contributed by atoms with Crippen LogP contribution in [-0.2, 0) is 20.6 Å². The standard InChI is InChI=1S/C13H15F4NO4S/c1-8(2)18-11(19)12(3,14)9-4-6-10(7-5-9)22-23(20,21)13(15,16)17/h4-8H,1-3H3,(H,18,19). The van der Waals surface area contributed by atoms with E-state index in [1.54, 1.807) is 13.8 Å². The Kier molecular flexibility index (Phi) is 5.30. The molecule has 0 spiro atoms. The fourth-order valence-electron chi connectivity index (χ4n) is 1.53. The van der Waals surface area contributed by atoms with Gasteiger partial charge in [0.2, 0.25) is 5.67 Å². The van der Waals surface area contributed by atoms with Crippen LogP contribution >= 0.6 is 0 Å². The Bertz CT molecular complexity index is 666. The van der Waals surface area contributed by atoms with E-state index < -0.39 is 33.0 Å². The van der Waals surface area contributed by atoms with Crippen molar-refractivity contribution in [2.45, 2.75) is 38.0 Å². The summed E-state index contributed by atoms with van der Waals surface area (Å²) in [6.07, 6.45) is 0. The lowest BCUT2D eigenvalue weighted by atomic mass is 9.96. The predicted molar refractivity (Wildman–Crippen MR) is 73.8 cm³/mol. The van der Waals surface area contributed by atoms with Crippen molar-refractivity contribution in [3.8, 4) is 5.75 Å². The minimum Gasteiger partial charge on any atom is -0.376 e. The zero-order valence-electron chi connectivity index (χ0n) is 12.4. The van der Waals surface area contributed by atoms with E-state index in [-0.39, 0.29) is 11.6 Å². The second-order valence-electron chi connectivity index (χ2n) is 5.14. The van der Waals surface area contributed by atoms with Crippen LogP contribution in [0.4, 0.5) is 17.6 Å². The SMILES string of the molecule is CC(C)NC(=O)C(C)(F)c1ccc(OS(=O)(=O)C(F)(F)F)cc1. The molecule has 0 aliphatic heterocycles. The first-order chi connectivity index (χ1) is 10.3. The van der Waals surface area contributed by atoms with Crippen molar-refractivity contribution in [3.05, 3.63) is 29.8 Å². The van der Waals surface area contributed by atoms with Crippen LogP contribution in [0.15, 0.2) is 24.3 Å². The third kappa shape index (κ3) is 4.57. The summed E-state index contributed by atoms with van der Waals surface area (Å²) >= 11 is 0. The van der Waals surface area contributed by atoms with Crippen LogP contribution in [0.1, 0.15) is 26.3 Å². The summed E-state index contributed by atoms with van der Waals surface area (Å²) in [4.78, 5) is 11.8. The first-order valence-electron chi connectivity index (χ1n) is 6.38. The van der Waals surface area contributed by atoms with Gasteiger partial charge in [0.1, 0.15) is 5.75 Å². The van der Waals surface area contributed by atoms with E-state index in [1.807, 2.05) is 0 Å². The van der Waals surface area contributed by atoms with E-state index in [2.05, 4.69) is 9.50 Å². The molecule has 1 amide bonds. The highest BCUT2D eigenvalue weighted by Gasteiger charge is 2.48. The summed E-state index contributed by atoms with van der Waals surface area (Å²) in [5, 5.41) is 2.36. The second-order valence-corrected chi connectivity index (χ2v) is 6.68. The highest BCUT2D eigenvalue weighted by molar-refractivity contribution is 7.87. The van der Waals surface area contributed by atoms with Crippen LogP contribution in [-0.4, -0.2) is 25.9 Å². The molecule has 1 aromatic carbocycles. The summed E-state index contributed by atoms with van der Waals surface area (Å²) in [5.74, 6) is -1.57. The maximum absolute atomic E-state index is 14.5. The number of hydrogen-bond donors (Lipinski definition) is 1. The minimum atomic E-state index is -5.80. The molecule has 130 valence electrons. The Balaban J connectivity index is 2.99. The van der Waals surface area contributed by atoms with Gasteiger partial charge in [-0.1, -0.05) is 12.1 Å². The summed E-state index contributed by atoms with van der Waals surface area (Å²) in [6, 6.07) is 3.30. The molecule has 0 radical (unpaired) electrons. The molecule has 0 heterocycles. The molecule has 1 unspecified atom stereocenters. The van der Waals surface area contributed by atoms with Crippen molar-refractivity contribution in [2.75, 3.05) is 0 Å². The zero-order chi connectivity index (χ0) is 18.1. The summed E-state index contributed by atoms with van der Waals surface area (Å²) in [7, 11) is -5.80. The van der Waals surface area contributed by atoms with Crippen molar-refractivity contribution >= 4 is 16.0 Å². The van der Waals surface area contributed by atoms with Crippen molar-refractivity contribution in [1.29, 1.82) is 0 Å². The lowest BCUT2D eigenvalue weighted by molar-refractivity contribution is -0.132. The Morgan fingerprint density at radius 1 is 1.13 bits per heavy atom. The summed E-state index contributed by atoms with van der Waals surface area (Å²) in [6.45, 7) is 4.24. The Hall–Kier alpha value is -1.84. The number of amides is 1. The zero-order valence-corrected chi connectivity index (χ0v) is 13.3. The maximum Gasteiger partial charge on any atom is 0.534 e. The van der Waals surface area contributed by atoms with Gasteiger partial charge in [-0.05, 0) is 38.5 Å². The molecule has 23 heavy (non-hydrogen) atoms. The molecule has 10 heteroatoms. The molecule has 5 nitrogen and oxygen atoms in total. The number of carbonyl (C=O) groups is 1. The van der Waals surface area contributed by atoms with Crippen LogP contribution in [0.5, 0.6) is 5.75 Å². The molecule has 0 aromatic heterocycles. The number of nitrogens with one attached hydrogen (secondary N) is 1. The average Bonchev–Trinajstić information content (AvgIpc) is 2.36. The molecule has 1 aromatic rings. The van der Waals surface area contributed by atoms with Gasteiger partial charge in [0.25, 0.3) is 5.91 Å². The summed E-state index contributed by atoms with van der Waals surface area (Å²) in [5.41, 5.74) is -8.17. The molecule has 1 atom stereocenters. The van der Waals surface area contributed by atoms with Crippen LogP contribution in [0.2, 0.25) is 0 Å². The number of benzene rings is 1. The number of halogens is 4. The van der Waals surface area contributed by atoms with Gasteiger partial charge in [-0.25, -0.2) is 4.39 Å². The molecular weight excluding hydrogens is 342 g/mol. The van der Waals surface area contributed by atoms with Gasteiger partial charge in [-0.3, -0.25) is 4.79 Å². The maximum atomic E-state index is 14.5. The molecule has 1 N–H and O–H groups in total. The lowest BCUT2D eigenvalue weighted by Crippen LogP contribution is -2.42. The lowest BCUT2D eigenvalue weighted by Gasteiger charge is -2.22. The molecule has 0 aliphatic rings. The fraction of sp³-hybridized carbons (Fsp3) is 0.462. The number of alkyl halides is 4. The van der Waals surface area contributed by atoms with Crippen molar-refractivity contribution in [3.63, 3.8) is 0 Å². The van der Waals surface area contributed by atoms with Crippen LogP contribution < -0.4 is 9.50 Å². The largest absolute Gasteiger partial charge is 0.534 e. The first kappa shape index (κ1) is 19.2. The van der Waals surface area contributed by atoms with E-state index in [4.69, 9.17) is 0 Å². The average molecular weight is 357 g/mol. The molecule has 0 saturated carbocycles. The topological polar surface area (TPSA) is 72.5 Å². The quantitative estimate of drug-likeness (QED) is 0.500. The van der Waals surface area contributed by atoms with E-state index in [1.165, 1.54) is 0 Å². The Morgan fingerprint density at radius 2 is 1.61 bits per heavy atom. The van der Waals surface area contributed by atoms with Gasteiger partial charge in [-0.15, -0.1) is 0 Å². The molecule has 0 aliphatic carbocycles. The number of hydrogen-bond acceptors (Lipinski definition) is 4. The molecule has 1 rings (SSSR count). The molecular formula is C13H15F4NO4S. The van der Waals surface area contributed by atoms with Crippen LogP contribution in [0.25, 0.3) is 0 Å². The van der Waals surface area contributed by atoms with Gasteiger partial charge in [0.15, 0.2) is 0 Å². The minimum absolute atomic E-state index is 0.160. The third-order valence-electron chi connectivity index (χ3n) is 2.73. The van der Waals surface area contributed by atoms with Crippen molar-refractivity contribution in [1.82, 2.24) is 5.32 Å². The predicted octanol–water partition coefficient (Wildman–Crippen LogP) is 2.62. The third-order valence-corrected chi connectivity index (χ3v) is 3.71. The number of rotatable bonds is 5. The van der Waals surface area contributed by atoms with Gasteiger partial charge in [0.05, 0.1) is 0 Å². The second kappa shape index (κ2) is 6.34. The Morgan fingerprint density at radius 3 is 2.00 bits per heavy atom. The van der Waals surface area contributed by atoms with E-state index >= 15 is 0 Å². The van der Waals surface area contributed by atoms with Gasteiger partial charge in [0, 0.05) is 6.04 Å². The van der Waals surface area contributed by atoms with Crippen molar-refractivity contribution < 1.29 is 35.0 Å². The first-order valence-corrected chi connectivity index (χ1v) is 7.79. The van der Waals surface area contributed by atoms with Gasteiger partial charge < -0.3 is 9.50 Å². The summed E-state index contributed by atoms with van der Waals surface area (Å²) < 4.78 is 76.6. The van der Waals surface area contributed by atoms with Crippen LogP contribution in [0.3, 0.4) is 0 Å². The molecule has 0 fully saturated rings. The smallest absolute Gasteiger partial charge is 0.376 e. The van der Waals surface area contributed by atoms with E-state index in [0.29, 0.717) is 0 Å². The molecule has 0 saturated heterocycles. The number of carbonyl (C=O) groups excluding carboxylic acids is 1.